The van der Waals surface area contributed by atoms with E-state index >= 15 is 0 Å². The van der Waals surface area contributed by atoms with Crippen LogP contribution in [0.1, 0.15) is 40.8 Å². The van der Waals surface area contributed by atoms with Crippen LogP contribution < -0.4 is 10.1 Å². The third-order valence-corrected chi connectivity index (χ3v) is 4.72. The highest BCUT2D eigenvalue weighted by atomic mass is 16.5. The van der Waals surface area contributed by atoms with E-state index in [1.807, 2.05) is 30.5 Å². The number of hydrogen-bond donors (Lipinski definition) is 2. The molecule has 0 aliphatic heterocycles. The molecule has 0 unspecified atom stereocenters. The molecule has 25 heavy (non-hydrogen) atoms. The summed E-state index contributed by atoms with van der Waals surface area (Å²) >= 11 is 0. The Morgan fingerprint density at radius 1 is 1.40 bits per heavy atom. The number of nitrogens with one attached hydrogen (secondary N) is 2. The summed E-state index contributed by atoms with van der Waals surface area (Å²) in [6.07, 6.45) is 4.36. The van der Waals surface area contributed by atoms with Crippen molar-refractivity contribution in [2.45, 2.75) is 32.2 Å². The second kappa shape index (κ2) is 6.27. The van der Waals surface area contributed by atoms with Crippen molar-refractivity contribution < 1.29 is 9.53 Å². The zero-order valence-electron chi connectivity index (χ0n) is 14.5. The van der Waals surface area contributed by atoms with Gasteiger partial charge >= 0.3 is 0 Å². The number of methoxy groups -OCH3 is 1. The third-order valence-electron chi connectivity index (χ3n) is 4.72. The van der Waals surface area contributed by atoms with Gasteiger partial charge in [0.15, 0.2) is 0 Å². The summed E-state index contributed by atoms with van der Waals surface area (Å²) in [5.74, 6) is 2.43. The molecule has 6 nitrogen and oxygen atoms in total. The quantitative estimate of drug-likeness (QED) is 0.726. The fourth-order valence-corrected chi connectivity index (χ4v) is 3.17. The molecule has 1 fully saturated rings. The Kier molecular flexibility index (Phi) is 3.95. The molecule has 130 valence electrons. The lowest BCUT2D eigenvalue weighted by Crippen LogP contribution is -2.28. The summed E-state index contributed by atoms with van der Waals surface area (Å²) in [4.78, 5) is 20.1. The molecule has 1 aromatic carbocycles. The van der Waals surface area contributed by atoms with Crippen molar-refractivity contribution in [3.05, 3.63) is 47.7 Å². The van der Waals surface area contributed by atoms with Gasteiger partial charge in [-0.1, -0.05) is 0 Å². The van der Waals surface area contributed by atoms with E-state index < -0.39 is 0 Å². The number of rotatable bonds is 6. The number of H-pyrrole nitrogens is 1. The zero-order chi connectivity index (χ0) is 17.4. The van der Waals surface area contributed by atoms with E-state index in [4.69, 9.17) is 4.74 Å². The largest absolute Gasteiger partial charge is 0.497 e. The SMILES string of the molecule is COc1ccc2cc(C(=O)NCCn3c(C)cnc3C3CC3)[nH]c2c1. The number of ether oxygens (including phenoxy) is 1. The fourth-order valence-electron chi connectivity index (χ4n) is 3.17. The van der Waals surface area contributed by atoms with Crippen LogP contribution in [0.3, 0.4) is 0 Å². The number of aromatic amines is 1. The van der Waals surface area contributed by atoms with Gasteiger partial charge in [0.05, 0.1) is 7.11 Å². The number of aromatic nitrogens is 3. The molecule has 1 saturated carbocycles. The molecule has 4 rings (SSSR count). The Morgan fingerprint density at radius 3 is 3.00 bits per heavy atom. The second-order valence-electron chi connectivity index (χ2n) is 6.58. The van der Waals surface area contributed by atoms with Gasteiger partial charge in [0.1, 0.15) is 17.3 Å². The molecule has 0 atom stereocenters. The van der Waals surface area contributed by atoms with E-state index in [1.54, 1.807) is 7.11 Å². The molecule has 1 aliphatic carbocycles. The highest BCUT2D eigenvalue weighted by molar-refractivity contribution is 5.98. The molecular weight excluding hydrogens is 316 g/mol. The Labute approximate surface area is 146 Å². The number of nitrogens with zero attached hydrogens (tertiary/aromatic N) is 2. The van der Waals surface area contributed by atoms with Crippen LogP contribution in [0.15, 0.2) is 30.5 Å². The van der Waals surface area contributed by atoms with E-state index in [9.17, 15) is 4.79 Å². The molecule has 2 N–H and O–H groups in total. The minimum absolute atomic E-state index is 0.0964. The standard InChI is InChI=1S/C19H22N4O2/c1-12-11-21-18(13-3-4-13)23(12)8-7-20-19(24)17-9-14-5-6-15(25-2)10-16(14)22-17/h5-6,9-11,13,22H,3-4,7-8H2,1-2H3,(H,20,24). The average Bonchev–Trinajstić information content (AvgIpc) is 3.26. The Balaban J connectivity index is 1.41. The van der Waals surface area contributed by atoms with Gasteiger partial charge in [-0.2, -0.15) is 0 Å². The van der Waals surface area contributed by atoms with E-state index in [1.165, 1.54) is 12.8 Å². The molecular formula is C19H22N4O2. The first kappa shape index (κ1) is 15.7. The maximum Gasteiger partial charge on any atom is 0.267 e. The monoisotopic (exact) mass is 338 g/mol. The van der Waals surface area contributed by atoms with Crippen LogP contribution in [-0.4, -0.2) is 34.1 Å². The van der Waals surface area contributed by atoms with E-state index in [0.29, 0.717) is 18.2 Å². The lowest BCUT2D eigenvalue weighted by Gasteiger charge is -2.10. The average molecular weight is 338 g/mol. The van der Waals surface area contributed by atoms with Crippen molar-refractivity contribution in [1.29, 1.82) is 0 Å². The summed E-state index contributed by atoms with van der Waals surface area (Å²) in [6, 6.07) is 7.59. The molecule has 0 radical (unpaired) electrons. The zero-order valence-corrected chi connectivity index (χ0v) is 14.5. The topological polar surface area (TPSA) is 71.9 Å². The minimum Gasteiger partial charge on any atom is -0.497 e. The first-order valence-electron chi connectivity index (χ1n) is 8.62. The molecule has 0 saturated heterocycles. The number of imidazole rings is 1. The molecule has 0 spiro atoms. The lowest BCUT2D eigenvalue weighted by molar-refractivity contribution is 0.0948. The number of hydrogen-bond acceptors (Lipinski definition) is 3. The highest BCUT2D eigenvalue weighted by Crippen LogP contribution is 2.39. The molecule has 1 aliphatic rings. The van der Waals surface area contributed by atoms with Gasteiger partial charge in [0.2, 0.25) is 0 Å². The fraction of sp³-hybridized carbons (Fsp3) is 0.368. The predicted octanol–water partition coefficient (Wildman–Crippen LogP) is 2.99. The Morgan fingerprint density at radius 2 is 2.24 bits per heavy atom. The van der Waals surface area contributed by atoms with Crippen LogP contribution in [0.4, 0.5) is 0 Å². The number of aryl methyl sites for hydroxylation is 1. The number of carbonyl (C=O) groups is 1. The summed E-state index contributed by atoms with van der Waals surface area (Å²) in [5.41, 5.74) is 2.60. The molecule has 2 aromatic heterocycles. The second-order valence-corrected chi connectivity index (χ2v) is 6.58. The van der Waals surface area contributed by atoms with Gasteiger partial charge in [-0.05, 0) is 38.0 Å². The predicted molar refractivity (Wildman–Crippen MR) is 96.1 cm³/mol. The van der Waals surface area contributed by atoms with E-state index in [-0.39, 0.29) is 5.91 Å². The molecule has 2 heterocycles. The summed E-state index contributed by atoms with van der Waals surface area (Å²) in [5, 5.41) is 3.98. The molecule has 3 aromatic rings. The van der Waals surface area contributed by atoms with Gasteiger partial charge in [-0.25, -0.2) is 4.98 Å². The van der Waals surface area contributed by atoms with Crippen molar-refractivity contribution in [2.75, 3.05) is 13.7 Å². The number of benzene rings is 1. The number of amides is 1. The van der Waals surface area contributed by atoms with Crippen LogP contribution in [-0.2, 0) is 6.54 Å². The maximum absolute atomic E-state index is 12.4. The summed E-state index contributed by atoms with van der Waals surface area (Å²) in [6.45, 7) is 3.39. The van der Waals surface area contributed by atoms with Gasteiger partial charge in [-0.3, -0.25) is 4.79 Å². The smallest absolute Gasteiger partial charge is 0.267 e. The van der Waals surface area contributed by atoms with Crippen molar-refractivity contribution in [1.82, 2.24) is 19.9 Å². The van der Waals surface area contributed by atoms with Gasteiger partial charge < -0.3 is 19.6 Å². The minimum atomic E-state index is -0.0964. The van der Waals surface area contributed by atoms with Crippen LogP contribution >= 0.6 is 0 Å². The van der Waals surface area contributed by atoms with E-state index in [2.05, 4.69) is 26.8 Å². The third kappa shape index (κ3) is 3.12. The maximum atomic E-state index is 12.4. The number of carbonyl (C=O) groups excluding carboxylic acids is 1. The Bertz CT molecular complexity index is 921. The van der Waals surface area contributed by atoms with Crippen LogP contribution in [0.25, 0.3) is 10.9 Å². The first-order valence-corrected chi connectivity index (χ1v) is 8.62. The van der Waals surface area contributed by atoms with Crippen molar-refractivity contribution in [3.8, 4) is 5.75 Å². The van der Waals surface area contributed by atoms with Crippen LogP contribution in [0, 0.1) is 6.92 Å². The van der Waals surface area contributed by atoms with Crippen LogP contribution in [0.5, 0.6) is 5.75 Å². The van der Waals surface area contributed by atoms with Crippen molar-refractivity contribution in [3.63, 3.8) is 0 Å². The molecule has 6 heteroatoms. The van der Waals surface area contributed by atoms with Crippen molar-refractivity contribution in [2.24, 2.45) is 0 Å². The van der Waals surface area contributed by atoms with E-state index in [0.717, 1.165) is 34.7 Å². The summed E-state index contributed by atoms with van der Waals surface area (Å²) < 4.78 is 7.43. The van der Waals surface area contributed by atoms with Crippen LogP contribution in [0.2, 0.25) is 0 Å². The van der Waals surface area contributed by atoms with Gasteiger partial charge in [-0.15, -0.1) is 0 Å². The molecule has 1 amide bonds. The van der Waals surface area contributed by atoms with Crippen molar-refractivity contribution >= 4 is 16.8 Å². The Hall–Kier alpha value is -2.76. The highest BCUT2D eigenvalue weighted by Gasteiger charge is 2.28. The molecule has 0 bridgehead atoms. The first-order chi connectivity index (χ1) is 12.2. The lowest BCUT2D eigenvalue weighted by atomic mass is 10.2. The number of fused-ring (bicyclic) bond motifs is 1. The summed E-state index contributed by atoms with van der Waals surface area (Å²) in [7, 11) is 1.63. The normalized spacial score (nSPS) is 14.0. The van der Waals surface area contributed by atoms with Gasteiger partial charge in [0.25, 0.3) is 5.91 Å². The van der Waals surface area contributed by atoms with Gasteiger partial charge in [0, 0.05) is 47.9 Å².